The zero-order valence-electron chi connectivity index (χ0n) is 13.5. The molecule has 1 spiro atoms. The predicted molar refractivity (Wildman–Crippen MR) is 82.8 cm³/mol. The molecule has 124 valence electrons. The Labute approximate surface area is 132 Å². The van der Waals surface area contributed by atoms with Crippen LogP contribution in [0.25, 0.3) is 0 Å². The molecule has 2 amide bonds. The SMILES string of the molecule is O=C(N1CCCC1)N1CCC2(CC1)C[C@H](OCC1CC1)CO2. The third-order valence-electron chi connectivity index (χ3n) is 5.76. The fraction of sp³-hybridized carbons (Fsp3) is 0.941. The molecule has 1 atom stereocenters. The molecule has 0 aromatic carbocycles. The van der Waals surface area contributed by atoms with Crippen molar-refractivity contribution in [3.8, 4) is 0 Å². The number of nitrogens with zero attached hydrogens (tertiary/aromatic N) is 2. The summed E-state index contributed by atoms with van der Waals surface area (Å²) >= 11 is 0. The maximum Gasteiger partial charge on any atom is 0.320 e. The zero-order valence-corrected chi connectivity index (χ0v) is 13.5. The molecular formula is C17H28N2O3. The molecule has 0 bridgehead atoms. The Morgan fingerprint density at radius 2 is 1.77 bits per heavy atom. The van der Waals surface area contributed by atoms with Gasteiger partial charge in [0.25, 0.3) is 0 Å². The Bertz CT molecular complexity index is 410. The Morgan fingerprint density at radius 1 is 1.09 bits per heavy atom. The Hall–Kier alpha value is -0.810. The van der Waals surface area contributed by atoms with E-state index in [0.29, 0.717) is 0 Å². The molecule has 4 rings (SSSR count). The van der Waals surface area contributed by atoms with Gasteiger partial charge in [-0.3, -0.25) is 0 Å². The number of likely N-dealkylation sites (tertiary alicyclic amines) is 2. The lowest BCUT2D eigenvalue weighted by atomic mass is 9.88. The van der Waals surface area contributed by atoms with Crippen molar-refractivity contribution in [2.75, 3.05) is 39.4 Å². The molecule has 22 heavy (non-hydrogen) atoms. The molecule has 0 aromatic heterocycles. The van der Waals surface area contributed by atoms with E-state index >= 15 is 0 Å². The van der Waals surface area contributed by atoms with Crippen LogP contribution >= 0.6 is 0 Å². The number of rotatable bonds is 3. The van der Waals surface area contributed by atoms with Crippen molar-refractivity contribution in [1.82, 2.24) is 9.80 Å². The molecule has 5 heteroatoms. The summed E-state index contributed by atoms with van der Waals surface area (Å²) in [5, 5.41) is 0. The highest BCUT2D eigenvalue weighted by molar-refractivity contribution is 5.74. The van der Waals surface area contributed by atoms with Crippen molar-refractivity contribution in [1.29, 1.82) is 0 Å². The smallest absolute Gasteiger partial charge is 0.320 e. The van der Waals surface area contributed by atoms with Crippen LogP contribution in [0.3, 0.4) is 0 Å². The second-order valence-corrected chi connectivity index (χ2v) is 7.56. The van der Waals surface area contributed by atoms with E-state index in [0.717, 1.165) is 77.4 Å². The fourth-order valence-corrected chi connectivity index (χ4v) is 4.03. The van der Waals surface area contributed by atoms with E-state index < -0.39 is 0 Å². The highest BCUT2D eigenvalue weighted by Crippen LogP contribution is 2.38. The van der Waals surface area contributed by atoms with Gasteiger partial charge in [-0.2, -0.15) is 0 Å². The molecule has 4 aliphatic rings. The maximum atomic E-state index is 12.4. The van der Waals surface area contributed by atoms with Crippen LogP contribution in [0, 0.1) is 5.92 Å². The Balaban J connectivity index is 1.25. The summed E-state index contributed by atoms with van der Waals surface area (Å²) in [6, 6.07) is 0.242. The van der Waals surface area contributed by atoms with E-state index in [1.807, 2.05) is 9.80 Å². The highest BCUT2D eigenvalue weighted by Gasteiger charge is 2.44. The van der Waals surface area contributed by atoms with Gasteiger partial charge < -0.3 is 19.3 Å². The average Bonchev–Trinajstić information content (AvgIpc) is 3.06. The first-order chi connectivity index (χ1) is 10.7. The molecule has 0 N–H and O–H groups in total. The van der Waals surface area contributed by atoms with Gasteiger partial charge in [0.2, 0.25) is 0 Å². The van der Waals surface area contributed by atoms with Crippen molar-refractivity contribution >= 4 is 6.03 Å². The van der Waals surface area contributed by atoms with Gasteiger partial charge >= 0.3 is 6.03 Å². The number of piperidine rings is 1. The topological polar surface area (TPSA) is 42.0 Å². The molecule has 0 aromatic rings. The van der Waals surface area contributed by atoms with Gasteiger partial charge in [0.15, 0.2) is 0 Å². The van der Waals surface area contributed by atoms with Crippen LogP contribution in [-0.4, -0.2) is 66.9 Å². The van der Waals surface area contributed by atoms with E-state index in [4.69, 9.17) is 9.47 Å². The largest absolute Gasteiger partial charge is 0.375 e. The Kier molecular flexibility index (Phi) is 4.03. The van der Waals surface area contributed by atoms with Gasteiger partial charge in [0, 0.05) is 39.2 Å². The van der Waals surface area contributed by atoms with Crippen LogP contribution in [0.5, 0.6) is 0 Å². The van der Waals surface area contributed by atoms with E-state index in [-0.39, 0.29) is 17.7 Å². The van der Waals surface area contributed by atoms with E-state index in [1.165, 1.54) is 12.8 Å². The summed E-state index contributed by atoms with van der Waals surface area (Å²) in [5.41, 5.74) is -0.0179. The van der Waals surface area contributed by atoms with Gasteiger partial charge in [0.05, 0.1) is 18.3 Å². The summed E-state index contributed by atoms with van der Waals surface area (Å²) in [5.74, 6) is 0.816. The monoisotopic (exact) mass is 308 g/mol. The lowest BCUT2D eigenvalue weighted by Crippen LogP contribution is -2.50. The normalized spacial score (nSPS) is 31.2. The molecule has 3 heterocycles. The third kappa shape index (κ3) is 3.11. The zero-order chi connectivity index (χ0) is 15.0. The average molecular weight is 308 g/mol. The number of carbonyl (C=O) groups excluding carboxylic acids is 1. The molecule has 0 unspecified atom stereocenters. The second-order valence-electron chi connectivity index (χ2n) is 7.56. The minimum Gasteiger partial charge on any atom is -0.375 e. The molecule has 4 fully saturated rings. The van der Waals surface area contributed by atoms with E-state index in [1.54, 1.807) is 0 Å². The van der Waals surface area contributed by atoms with Gasteiger partial charge in [-0.25, -0.2) is 4.79 Å². The molecule has 3 saturated heterocycles. The first kappa shape index (κ1) is 14.8. The lowest BCUT2D eigenvalue weighted by Gasteiger charge is -2.39. The van der Waals surface area contributed by atoms with Crippen molar-refractivity contribution in [2.45, 2.75) is 56.7 Å². The van der Waals surface area contributed by atoms with Gasteiger partial charge in [0.1, 0.15) is 0 Å². The minimum atomic E-state index is -0.0179. The molecule has 5 nitrogen and oxygen atoms in total. The standard InChI is InChI=1S/C17H28N2O3/c20-16(18-7-1-2-8-18)19-9-5-17(6-10-19)11-15(13-22-17)21-12-14-3-4-14/h14-15H,1-13H2/t15-/m0/s1. The van der Waals surface area contributed by atoms with Gasteiger partial charge in [-0.05, 0) is 44.4 Å². The third-order valence-corrected chi connectivity index (χ3v) is 5.76. The van der Waals surface area contributed by atoms with E-state index in [2.05, 4.69) is 0 Å². The summed E-state index contributed by atoms with van der Waals surface area (Å²) in [7, 11) is 0. The van der Waals surface area contributed by atoms with Crippen LogP contribution in [0.4, 0.5) is 4.79 Å². The summed E-state index contributed by atoms with van der Waals surface area (Å²) < 4.78 is 12.1. The van der Waals surface area contributed by atoms with Crippen LogP contribution in [0.1, 0.15) is 44.9 Å². The number of amides is 2. The first-order valence-electron chi connectivity index (χ1n) is 9.04. The summed E-state index contributed by atoms with van der Waals surface area (Å²) in [6.07, 6.45) is 8.23. The van der Waals surface area contributed by atoms with Crippen molar-refractivity contribution in [2.24, 2.45) is 5.92 Å². The molecule has 1 saturated carbocycles. The lowest BCUT2D eigenvalue weighted by molar-refractivity contribution is -0.0403. The molecule has 0 radical (unpaired) electrons. The first-order valence-corrected chi connectivity index (χ1v) is 9.04. The number of ether oxygens (including phenoxy) is 2. The fourth-order valence-electron chi connectivity index (χ4n) is 4.03. The molecular weight excluding hydrogens is 280 g/mol. The quantitative estimate of drug-likeness (QED) is 0.803. The van der Waals surface area contributed by atoms with E-state index in [9.17, 15) is 4.79 Å². The van der Waals surface area contributed by atoms with Gasteiger partial charge in [-0.1, -0.05) is 0 Å². The van der Waals surface area contributed by atoms with Crippen LogP contribution in [0.2, 0.25) is 0 Å². The Morgan fingerprint density at radius 3 is 2.45 bits per heavy atom. The molecule has 1 aliphatic carbocycles. The highest BCUT2D eigenvalue weighted by atomic mass is 16.6. The van der Waals surface area contributed by atoms with Crippen LogP contribution in [0.15, 0.2) is 0 Å². The predicted octanol–water partition coefficient (Wildman–Crippen LogP) is 2.25. The van der Waals surface area contributed by atoms with Crippen LogP contribution in [-0.2, 0) is 9.47 Å². The second kappa shape index (κ2) is 6.00. The maximum absolute atomic E-state index is 12.4. The van der Waals surface area contributed by atoms with Gasteiger partial charge in [-0.15, -0.1) is 0 Å². The molecule has 3 aliphatic heterocycles. The summed E-state index contributed by atoms with van der Waals surface area (Å²) in [6.45, 7) is 5.22. The number of hydrogen-bond acceptors (Lipinski definition) is 3. The minimum absolute atomic E-state index is 0.0179. The summed E-state index contributed by atoms with van der Waals surface area (Å²) in [4.78, 5) is 16.5. The van der Waals surface area contributed by atoms with Crippen molar-refractivity contribution in [3.05, 3.63) is 0 Å². The number of hydrogen-bond donors (Lipinski definition) is 0. The number of urea groups is 1. The number of carbonyl (C=O) groups is 1. The van der Waals surface area contributed by atoms with Crippen molar-refractivity contribution < 1.29 is 14.3 Å². The van der Waals surface area contributed by atoms with Crippen LogP contribution < -0.4 is 0 Å². The van der Waals surface area contributed by atoms with Crippen molar-refractivity contribution in [3.63, 3.8) is 0 Å².